The summed E-state index contributed by atoms with van der Waals surface area (Å²) >= 11 is 0. The molecule has 0 saturated carbocycles. The molecule has 0 atom stereocenters. The first-order valence-electron chi connectivity index (χ1n) is 5.25. The van der Waals surface area contributed by atoms with Gasteiger partial charge >= 0.3 is 6.03 Å². The lowest BCUT2D eigenvalue weighted by molar-refractivity contribution is 0.230. The first kappa shape index (κ1) is 11.2. The van der Waals surface area contributed by atoms with E-state index in [0.717, 1.165) is 16.9 Å². The van der Waals surface area contributed by atoms with Gasteiger partial charge in [-0.05, 0) is 23.8 Å². The van der Waals surface area contributed by atoms with Gasteiger partial charge in [-0.15, -0.1) is 0 Å². The van der Waals surface area contributed by atoms with E-state index in [-0.39, 0.29) is 6.03 Å². The largest absolute Gasteiger partial charge is 0.331 e. The fraction of sp³-hybridized carbons (Fsp3) is 0.167. The van der Waals surface area contributed by atoms with Crippen LogP contribution in [-0.2, 0) is 0 Å². The third-order valence-corrected chi connectivity index (χ3v) is 2.35. The van der Waals surface area contributed by atoms with Crippen LogP contribution in [0, 0.1) is 0 Å². The molecule has 0 radical (unpaired) electrons. The van der Waals surface area contributed by atoms with Gasteiger partial charge in [-0.3, -0.25) is 5.10 Å². The molecular formula is C12H14N4O. The van der Waals surface area contributed by atoms with Gasteiger partial charge in [0.25, 0.3) is 0 Å². The van der Waals surface area contributed by atoms with Crippen LogP contribution in [0.15, 0.2) is 36.5 Å². The monoisotopic (exact) mass is 230 g/mol. The summed E-state index contributed by atoms with van der Waals surface area (Å²) in [4.78, 5) is 12.9. The number of nitrogens with one attached hydrogen (secondary N) is 2. The third kappa shape index (κ3) is 2.63. The summed E-state index contributed by atoms with van der Waals surface area (Å²) in [5, 5.41) is 9.55. The van der Waals surface area contributed by atoms with Gasteiger partial charge in [-0.1, -0.05) is 12.1 Å². The molecule has 0 bridgehead atoms. The molecule has 1 heterocycles. The van der Waals surface area contributed by atoms with Crippen molar-refractivity contribution in [3.05, 3.63) is 36.5 Å². The van der Waals surface area contributed by atoms with Crippen LogP contribution in [0.2, 0.25) is 0 Å². The molecule has 2 aromatic rings. The zero-order chi connectivity index (χ0) is 12.3. The maximum atomic E-state index is 11.4. The van der Waals surface area contributed by atoms with Crippen LogP contribution in [-0.4, -0.2) is 35.2 Å². The molecule has 5 nitrogen and oxygen atoms in total. The molecule has 17 heavy (non-hydrogen) atoms. The second-order valence-corrected chi connectivity index (χ2v) is 3.87. The van der Waals surface area contributed by atoms with Crippen molar-refractivity contribution in [3.63, 3.8) is 0 Å². The van der Waals surface area contributed by atoms with E-state index in [1.807, 2.05) is 30.3 Å². The summed E-state index contributed by atoms with van der Waals surface area (Å²) in [6.07, 6.45) is 1.71. The summed E-state index contributed by atoms with van der Waals surface area (Å²) in [7, 11) is 3.41. The second kappa shape index (κ2) is 4.69. The Morgan fingerprint density at radius 3 is 2.47 bits per heavy atom. The van der Waals surface area contributed by atoms with Crippen molar-refractivity contribution in [2.45, 2.75) is 0 Å². The number of amides is 2. The number of nitrogens with zero attached hydrogens (tertiary/aromatic N) is 2. The molecule has 2 N–H and O–H groups in total. The topological polar surface area (TPSA) is 61.0 Å². The average Bonchev–Trinajstić information content (AvgIpc) is 2.83. The van der Waals surface area contributed by atoms with Crippen LogP contribution in [0.1, 0.15) is 0 Å². The predicted molar refractivity (Wildman–Crippen MR) is 66.7 cm³/mol. The zero-order valence-corrected chi connectivity index (χ0v) is 9.77. The fourth-order valence-corrected chi connectivity index (χ4v) is 1.39. The number of carbonyl (C=O) groups is 1. The Morgan fingerprint density at radius 2 is 1.94 bits per heavy atom. The number of aromatic nitrogens is 2. The number of aromatic amines is 1. The van der Waals surface area contributed by atoms with E-state index in [1.165, 1.54) is 4.90 Å². The first-order valence-corrected chi connectivity index (χ1v) is 5.25. The smallest absolute Gasteiger partial charge is 0.321 e. The number of anilines is 1. The van der Waals surface area contributed by atoms with Gasteiger partial charge in [-0.25, -0.2) is 4.79 Å². The molecule has 0 fully saturated rings. The highest BCUT2D eigenvalue weighted by Crippen LogP contribution is 2.18. The van der Waals surface area contributed by atoms with E-state index in [4.69, 9.17) is 0 Å². The molecule has 0 aliphatic rings. The Kier molecular flexibility index (Phi) is 3.09. The molecule has 2 amide bonds. The van der Waals surface area contributed by atoms with E-state index < -0.39 is 0 Å². The summed E-state index contributed by atoms with van der Waals surface area (Å²) < 4.78 is 0. The number of hydrogen-bond donors (Lipinski definition) is 2. The highest BCUT2D eigenvalue weighted by molar-refractivity contribution is 5.89. The zero-order valence-electron chi connectivity index (χ0n) is 9.77. The van der Waals surface area contributed by atoms with Crippen molar-refractivity contribution in [1.29, 1.82) is 0 Å². The highest BCUT2D eigenvalue weighted by Gasteiger charge is 2.04. The second-order valence-electron chi connectivity index (χ2n) is 3.87. The van der Waals surface area contributed by atoms with E-state index in [0.29, 0.717) is 0 Å². The molecular weight excluding hydrogens is 216 g/mol. The van der Waals surface area contributed by atoms with Crippen molar-refractivity contribution >= 4 is 11.7 Å². The number of rotatable bonds is 2. The summed E-state index contributed by atoms with van der Waals surface area (Å²) in [6.45, 7) is 0. The number of urea groups is 1. The number of benzene rings is 1. The van der Waals surface area contributed by atoms with Gasteiger partial charge in [0, 0.05) is 26.0 Å². The minimum atomic E-state index is -0.140. The van der Waals surface area contributed by atoms with Crippen LogP contribution in [0.3, 0.4) is 0 Å². The fourth-order valence-electron chi connectivity index (χ4n) is 1.39. The van der Waals surface area contributed by atoms with Gasteiger partial charge < -0.3 is 10.2 Å². The van der Waals surface area contributed by atoms with Gasteiger partial charge in [0.2, 0.25) is 0 Å². The Morgan fingerprint density at radius 1 is 1.24 bits per heavy atom. The molecule has 0 unspecified atom stereocenters. The van der Waals surface area contributed by atoms with Crippen LogP contribution >= 0.6 is 0 Å². The average molecular weight is 230 g/mol. The van der Waals surface area contributed by atoms with Crippen molar-refractivity contribution in [2.75, 3.05) is 19.4 Å². The molecule has 0 aliphatic carbocycles. The third-order valence-electron chi connectivity index (χ3n) is 2.35. The highest BCUT2D eigenvalue weighted by atomic mass is 16.2. The van der Waals surface area contributed by atoms with E-state index in [2.05, 4.69) is 15.5 Å². The first-order chi connectivity index (χ1) is 8.16. The lowest BCUT2D eigenvalue weighted by Crippen LogP contribution is -2.27. The number of hydrogen-bond acceptors (Lipinski definition) is 2. The van der Waals surface area contributed by atoms with Gasteiger partial charge in [-0.2, -0.15) is 5.10 Å². The predicted octanol–water partition coefficient (Wildman–Crippen LogP) is 2.17. The molecule has 0 aliphatic heterocycles. The SMILES string of the molecule is CN(C)C(=O)Nc1ccc(-c2ccn[nH]2)cc1. The van der Waals surface area contributed by atoms with Crippen LogP contribution in [0.25, 0.3) is 11.3 Å². The number of carbonyl (C=O) groups excluding carboxylic acids is 1. The molecule has 2 rings (SSSR count). The van der Waals surface area contributed by atoms with E-state index in [9.17, 15) is 4.79 Å². The van der Waals surface area contributed by atoms with Gasteiger partial charge in [0.1, 0.15) is 0 Å². The summed E-state index contributed by atoms with van der Waals surface area (Å²) in [5.41, 5.74) is 2.76. The summed E-state index contributed by atoms with van der Waals surface area (Å²) in [6, 6.07) is 9.33. The minimum Gasteiger partial charge on any atom is -0.331 e. The molecule has 1 aromatic heterocycles. The Hall–Kier alpha value is -2.30. The standard InChI is InChI=1S/C12H14N4O/c1-16(2)12(17)14-10-5-3-9(4-6-10)11-7-8-13-15-11/h3-8H,1-2H3,(H,13,15)(H,14,17). The van der Waals surface area contributed by atoms with Crippen LogP contribution < -0.4 is 5.32 Å². The lowest BCUT2D eigenvalue weighted by atomic mass is 10.1. The van der Waals surface area contributed by atoms with Gasteiger partial charge in [0.05, 0.1) is 5.69 Å². The van der Waals surface area contributed by atoms with Crippen LogP contribution in [0.5, 0.6) is 0 Å². The Balaban J connectivity index is 2.11. The Labute approximate surface area is 99.5 Å². The maximum absolute atomic E-state index is 11.4. The molecule has 0 spiro atoms. The molecule has 5 heteroatoms. The molecule has 1 aromatic carbocycles. The van der Waals surface area contributed by atoms with E-state index >= 15 is 0 Å². The maximum Gasteiger partial charge on any atom is 0.321 e. The van der Waals surface area contributed by atoms with Crippen molar-refractivity contribution in [3.8, 4) is 11.3 Å². The summed E-state index contributed by atoms with van der Waals surface area (Å²) in [5.74, 6) is 0. The Bertz CT molecular complexity index is 488. The van der Waals surface area contributed by atoms with E-state index in [1.54, 1.807) is 20.3 Å². The van der Waals surface area contributed by atoms with Gasteiger partial charge in [0.15, 0.2) is 0 Å². The molecule has 88 valence electrons. The minimum absolute atomic E-state index is 0.140. The van der Waals surface area contributed by atoms with Crippen molar-refractivity contribution < 1.29 is 4.79 Å². The quantitative estimate of drug-likeness (QED) is 0.830. The molecule has 0 saturated heterocycles. The lowest BCUT2D eigenvalue weighted by Gasteiger charge is -2.12. The normalized spacial score (nSPS) is 10.0. The van der Waals surface area contributed by atoms with Crippen LogP contribution in [0.4, 0.5) is 10.5 Å². The number of H-pyrrole nitrogens is 1. The van der Waals surface area contributed by atoms with Crippen molar-refractivity contribution in [2.24, 2.45) is 0 Å². The van der Waals surface area contributed by atoms with Crippen molar-refractivity contribution in [1.82, 2.24) is 15.1 Å².